The van der Waals surface area contributed by atoms with Gasteiger partial charge in [0.15, 0.2) is 0 Å². The minimum absolute atomic E-state index is 0.163. The van der Waals surface area contributed by atoms with Gasteiger partial charge in [0.05, 0.1) is 22.2 Å². The number of anilines is 2. The highest BCUT2D eigenvalue weighted by Crippen LogP contribution is 2.28. The molecule has 0 aliphatic carbocycles. The van der Waals surface area contributed by atoms with Crippen LogP contribution in [0.2, 0.25) is 0 Å². The Kier molecular flexibility index (Phi) is 9.21. The maximum atomic E-state index is 12.8. The van der Waals surface area contributed by atoms with Crippen LogP contribution in [0.3, 0.4) is 0 Å². The minimum Gasteiger partial charge on any atom is -0.383 e. The van der Waals surface area contributed by atoms with Gasteiger partial charge in [-0.05, 0) is 31.5 Å². The average molecular weight is 399 g/mol. The zero-order chi connectivity index (χ0) is 20.6. The first-order valence-corrected chi connectivity index (χ1v) is 11.1. The number of unbranched alkanes of at least 4 members (excludes halogenated alkanes) is 1. The van der Waals surface area contributed by atoms with Crippen LogP contribution in [0.5, 0.6) is 0 Å². The van der Waals surface area contributed by atoms with Crippen molar-refractivity contribution in [2.45, 2.75) is 58.4 Å². The fraction of sp³-hybridized carbons (Fsp3) is 0.632. The number of carbonyl (C=O) groups is 1. The molecule has 1 rings (SSSR count). The number of nitrogens with one attached hydrogen (secondary N) is 2. The molecule has 0 fully saturated rings. The highest BCUT2D eigenvalue weighted by atomic mass is 32.2. The molecule has 0 spiro atoms. The van der Waals surface area contributed by atoms with Crippen molar-refractivity contribution in [3.8, 4) is 0 Å². The largest absolute Gasteiger partial charge is 0.383 e. The van der Waals surface area contributed by atoms with E-state index in [9.17, 15) is 13.2 Å². The van der Waals surface area contributed by atoms with Gasteiger partial charge in [0, 0.05) is 25.7 Å². The summed E-state index contributed by atoms with van der Waals surface area (Å²) < 4.78 is 27.0. The van der Waals surface area contributed by atoms with Crippen molar-refractivity contribution in [3.63, 3.8) is 0 Å². The van der Waals surface area contributed by atoms with Gasteiger partial charge < -0.3 is 16.4 Å². The van der Waals surface area contributed by atoms with E-state index in [0.29, 0.717) is 24.5 Å². The Morgan fingerprint density at radius 2 is 1.78 bits per heavy atom. The van der Waals surface area contributed by atoms with Crippen molar-refractivity contribution >= 4 is 27.3 Å². The normalized spacial score (nSPS) is 14.0. The summed E-state index contributed by atoms with van der Waals surface area (Å²) in [5.41, 5.74) is 6.98. The van der Waals surface area contributed by atoms with Crippen molar-refractivity contribution < 1.29 is 13.2 Å². The summed E-state index contributed by atoms with van der Waals surface area (Å²) in [6, 6.07) is 4.50. The third kappa shape index (κ3) is 6.19. The van der Waals surface area contributed by atoms with Crippen LogP contribution in [-0.2, 0) is 14.8 Å². The summed E-state index contributed by atoms with van der Waals surface area (Å²) in [5.74, 6) is -0.627. The number of nitrogens with two attached hydrogens (primary N) is 1. The minimum atomic E-state index is -3.61. The summed E-state index contributed by atoms with van der Waals surface area (Å²) >= 11 is 0. The van der Waals surface area contributed by atoms with Crippen molar-refractivity contribution in [2.24, 2.45) is 11.7 Å². The lowest BCUT2D eigenvalue weighted by atomic mass is 10.0. The topological polar surface area (TPSA) is 105 Å². The number of benzene rings is 1. The Bertz CT molecular complexity index is 716. The molecule has 27 heavy (non-hydrogen) atoms. The first-order chi connectivity index (χ1) is 12.7. The molecule has 2 atom stereocenters. The summed E-state index contributed by atoms with van der Waals surface area (Å²) in [7, 11) is -3.61. The molecule has 0 aliphatic rings. The fourth-order valence-corrected chi connectivity index (χ4v) is 4.02. The Labute approximate surface area is 163 Å². The molecule has 0 heterocycles. The van der Waals surface area contributed by atoms with Crippen LogP contribution < -0.4 is 16.4 Å². The molecule has 8 heteroatoms. The first-order valence-electron chi connectivity index (χ1n) is 9.63. The van der Waals surface area contributed by atoms with Crippen LogP contribution in [0.15, 0.2) is 23.1 Å². The molecule has 0 bridgehead atoms. The Balaban J connectivity index is 3.26. The Morgan fingerprint density at radius 3 is 2.30 bits per heavy atom. The quantitative estimate of drug-likeness (QED) is 0.497. The molecular formula is C19H34N4O3S. The van der Waals surface area contributed by atoms with Gasteiger partial charge in [0.25, 0.3) is 0 Å². The number of hydrogen-bond donors (Lipinski definition) is 3. The second-order valence-corrected chi connectivity index (χ2v) is 8.65. The van der Waals surface area contributed by atoms with Gasteiger partial charge in [-0.1, -0.05) is 34.1 Å². The third-order valence-electron chi connectivity index (χ3n) is 4.64. The zero-order valence-electron chi connectivity index (χ0n) is 17.1. The van der Waals surface area contributed by atoms with Gasteiger partial charge in [-0.25, -0.2) is 8.42 Å². The molecule has 1 aromatic carbocycles. The number of rotatable bonds is 11. The summed E-state index contributed by atoms with van der Waals surface area (Å²) in [5, 5.41) is 6.11. The highest BCUT2D eigenvalue weighted by molar-refractivity contribution is 7.89. The van der Waals surface area contributed by atoms with Crippen LogP contribution in [0.4, 0.5) is 11.4 Å². The lowest BCUT2D eigenvalue weighted by molar-refractivity contribution is -0.119. The molecule has 154 valence electrons. The predicted octanol–water partition coefficient (Wildman–Crippen LogP) is 2.85. The lowest BCUT2D eigenvalue weighted by Crippen LogP contribution is -2.34. The Hall–Kier alpha value is -1.64. The maximum absolute atomic E-state index is 12.8. The van der Waals surface area contributed by atoms with Crippen molar-refractivity contribution in [2.75, 3.05) is 30.3 Å². The summed E-state index contributed by atoms with van der Waals surface area (Å²) in [4.78, 5) is 12.6. The molecule has 2 unspecified atom stereocenters. The van der Waals surface area contributed by atoms with E-state index in [1.165, 1.54) is 10.4 Å². The van der Waals surface area contributed by atoms with E-state index in [1.807, 2.05) is 0 Å². The maximum Gasteiger partial charge on any atom is 0.243 e. The summed E-state index contributed by atoms with van der Waals surface area (Å²) in [6.07, 6.45) is 2.01. The number of nitrogens with zero attached hydrogens (tertiary/aromatic N) is 1. The van der Waals surface area contributed by atoms with Gasteiger partial charge in [0.2, 0.25) is 15.9 Å². The Morgan fingerprint density at radius 1 is 1.15 bits per heavy atom. The number of hydrogen-bond acceptors (Lipinski definition) is 5. The van der Waals surface area contributed by atoms with Crippen LogP contribution in [0.1, 0.15) is 47.5 Å². The zero-order valence-corrected chi connectivity index (χ0v) is 17.9. The molecule has 0 saturated carbocycles. The van der Waals surface area contributed by atoms with Crippen molar-refractivity contribution in [1.82, 2.24) is 4.31 Å². The van der Waals surface area contributed by atoms with Gasteiger partial charge in [-0.2, -0.15) is 4.31 Å². The van der Waals surface area contributed by atoms with Crippen LogP contribution in [-0.4, -0.2) is 44.3 Å². The highest BCUT2D eigenvalue weighted by Gasteiger charge is 2.24. The van der Waals surface area contributed by atoms with E-state index in [0.717, 1.165) is 19.4 Å². The van der Waals surface area contributed by atoms with Crippen molar-refractivity contribution in [3.05, 3.63) is 18.2 Å². The molecule has 7 nitrogen and oxygen atoms in total. The van der Waals surface area contributed by atoms with Gasteiger partial charge >= 0.3 is 0 Å². The molecule has 4 N–H and O–H groups in total. The van der Waals surface area contributed by atoms with E-state index in [2.05, 4.69) is 17.6 Å². The molecule has 1 amide bonds. The number of amides is 1. The SMILES string of the molecule is CCCCNc1ccc(S(=O)(=O)N(CC)CC)cc1NC(=O)C(C)C(C)N. The monoisotopic (exact) mass is 398 g/mol. The standard InChI is InChI=1S/C19H34N4O3S/c1-6-9-12-21-17-11-10-16(27(25,26)23(7-2)8-3)13-18(17)22-19(24)14(4)15(5)20/h10-11,13-15,21H,6-9,12,20H2,1-5H3,(H,22,24). The number of sulfonamides is 1. The van der Waals surface area contributed by atoms with Crippen molar-refractivity contribution in [1.29, 1.82) is 0 Å². The van der Waals surface area contributed by atoms with E-state index in [-0.39, 0.29) is 16.8 Å². The van der Waals surface area contributed by atoms with Crippen LogP contribution >= 0.6 is 0 Å². The molecule has 0 aromatic heterocycles. The van der Waals surface area contributed by atoms with E-state index >= 15 is 0 Å². The molecular weight excluding hydrogens is 364 g/mol. The van der Waals surface area contributed by atoms with Gasteiger partial charge in [0.1, 0.15) is 0 Å². The van der Waals surface area contributed by atoms with E-state index < -0.39 is 15.9 Å². The second-order valence-electron chi connectivity index (χ2n) is 6.71. The van der Waals surface area contributed by atoms with E-state index in [1.54, 1.807) is 39.8 Å². The lowest BCUT2D eigenvalue weighted by Gasteiger charge is -2.21. The molecule has 0 radical (unpaired) electrons. The molecule has 0 aliphatic heterocycles. The second kappa shape index (κ2) is 10.6. The van der Waals surface area contributed by atoms with Crippen LogP contribution in [0, 0.1) is 5.92 Å². The molecule has 0 saturated heterocycles. The molecule has 1 aromatic rings. The van der Waals surface area contributed by atoms with Crippen LogP contribution in [0.25, 0.3) is 0 Å². The first kappa shape index (κ1) is 23.4. The third-order valence-corrected chi connectivity index (χ3v) is 6.69. The smallest absolute Gasteiger partial charge is 0.243 e. The van der Waals surface area contributed by atoms with E-state index in [4.69, 9.17) is 5.73 Å². The van der Waals surface area contributed by atoms with Gasteiger partial charge in [-0.15, -0.1) is 0 Å². The predicted molar refractivity (Wildman–Crippen MR) is 111 cm³/mol. The summed E-state index contributed by atoms with van der Waals surface area (Å²) in [6.45, 7) is 10.7. The average Bonchev–Trinajstić information content (AvgIpc) is 2.62. The number of carbonyl (C=O) groups excluding carboxylic acids is 1. The fourth-order valence-electron chi connectivity index (χ4n) is 2.54. The van der Waals surface area contributed by atoms with Gasteiger partial charge in [-0.3, -0.25) is 4.79 Å².